The first-order valence-corrected chi connectivity index (χ1v) is 4.89. The Morgan fingerprint density at radius 1 is 1.38 bits per heavy atom. The van der Waals surface area contributed by atoms with Crippen LogP contribution >= 0.6 is 0 Å². The molecule has 3 nitrogen and oxygen atoms in total. The Morgan fingerprint density at radius 3 is 2.54 bits per heavy atom. The maximum absolute atomic E-state index is 10.9. The van der Waals surface area contributed by atoms with Gasteiger partial charge in [-0.05, 0) is 12.3 Å². The molecule has 0 bridgehead atoms. The standard InChI is InChI=1S/C10H17NO2/c1-13-10(12)9(11)7-8-5-3-2-4-6-8/h8,11H,2-7H2,1H3. The Kier molecular flexibility index (Phi) is 3.93. The minimum Gasteiger partial charge on any atom is -0.465 e. The van der Waals surface area contributed by atoms with Crippen LogP contribution in [0.3, 0.4) is 0 Å². The van der Waals surface area contributed by atoms with Gasteiger partial charge in [0.25, 0.3) is 0 Å². The number of methoxy groups -OCH3 is 1. The zero-order chi connectivity index (χ0) is 9.68. The van der Waals surface area contributed by atoms with Crippen LogP contribution in [0, 0.1) is 11.3 Å². The Balaban J connectivity index is 2.30. The van der Waals surface area contributed by atoms with Crippen LogP contribution in [0.25, 0.3) is 0 Å². The van der Waals surface area contributed by atoms with Gasteiger partial charge in [-0.25, -0.2) is 4.79 Å². The third-order valence-corrected chi connectivity index (χ3v) is 2.65. The molecule has 1 aliphatic carbocycles. The third kappa shape index (κ3) is 3.17. The van der Waals surface area contributed by atoms with Crippen LogP contribution in [0.2, 0.25) is 0 Å². The summed E-state index contributed by atoms with van der Waals surface area (Å²) in [5.74, 6) is 0.0749. The van der Waals surface area contributed by atoms with Crippen molar-refractivity contribution in [1.82, 2.24) is 0 Å². The molecule has 0 spiro atoms. The molecule has 1 fully saturated rings. The van der Waals surface area contributed by atoms with Crippen molar-refractivity contribution in [3.63, 3.8) is 0 Å². The van der Waals surface area contributed by atoms with Crippen LogP contribution in [-0.2, 0) is 9.53 Å². The van der Waals surface area contributed by atoms with Crippen LogP contribution in [-0.4, -0.2) is 18.8 Å². The molecule has 0 unspecified atom stereocenters. The first kappa shape index (κ1) is 10.2. The van der Waals surface area contributed by atoms with E-state index < -0.39 is 5.97 Å². The van der Waals surface area contributed by atoms with E-state index in [2.05, 4.69) is 4.74 Å². The predicted octanol–water partition coefficient (Wildman–Crippen LogP) is 2.15. The quantitative estimate of drug-likeness (QED) is 0.538. The number of carbonyl (C=O) groups excluding carboxylic acids is 1. The van der Waals surface area contributed by atoms with Gasteiger partial charge < -0.3 is 4.74 Å². The second kappa shape index (κ2) is 5.00. The van der Waals surface area contributed by atoms with Gasteiger partial charge in [0.15, 0.2) is 0 Å². The van der Waals surface area contributed by atoms with Crippen molar-refractivity contribution in [2.45, 2.75) is 38.5 Å². The Labute approximate surface area is 79.0 Å². The maximum atomic E-state index is 10.9. The van der Waals surface area contributed by atoms with E-state index in [1.54, 1.807) is 0 Å². The Hall–Kier alpha value is -0.860. The van der Waals surface area contributed by atoms with Crippen LogP contribution in [0.1, 0.15) is 38.5 Å². The lowest BCUT2D eigenvalue weighted by atomic mass is 9.86. The number of nitrogens with one attached hydrogen (secondary N) is 1. The topological polar surface area (TPSA) is 50.2 Å². The second-order valence-corrected chi connectivity index (χ2v) is 3.68. The molecule has 0 aromatic carbocycles. The molecule has 0 aromatic rings. The molecular weight excluding hydrogens is 166 g/mol. The minimum absolute atomic E-state index is 0.134. The fourth-order valence-electron chi connectivity index (χ4n) is 1.89. The highest BCUT2D eigenvalue weighted by molar-refractivity contribution is 6.35. The lowest BCUT2D eigenvalue weighted by Crippen LogP contribution is -2.19. The molecule has 13 heavy (non-hydrogen) atoms. The molecule has 0 saturated heterocycles. The molecule has 3 heteroatoms. The van der Waals surface area contributed by atoms with E-state index in [1.165, 1.54) is 39.2 Å². The monoisotopic (exact) mass is 183 g/mol. The molecule has 1 N–H and O–H groups in total. The van der Waals surface area contributed by atoms with E-state index in [0.29, 0.717) is 12.3 Å². The zero-order valence-corrected chi connectivity index (χ0v) is 8.14. The first-order valence-electron chi connectivity index (χ1n) is 4.89. The van der Waals surface area contributed by atoms with Gasteiger partial charge in [-0.1, -0.05) is 32.1 Å². The highest BCUT2D eigenvalue weighted by Gasteiger charge is 2.18. The van der Waals surface area contributed by atoms with Crippen LogP contribution < -0.4 is 0 Å². The summed E-state index contributed by atoms with van der Waals surface area (Å²) < 4.78 is 4.49. The summed E-state index contributed by atoms with van der Waals surface area (Å²) in [5, 5.41) is 7.46. The molecule has 1 rings (SSSR count). The fraction of sp³-hybridized carbons (Fsp3) is 0.800. The summed E-state index contributed by atoms with van der Waals surface area (Å²) in [5.41, 5.74) is 0.134. The normalized spacial score (nSPS) is 18.2. The Bertz CT molecular complexity index is 195. The number of carbonyl (C=O) groups is 1. The van der Waals surface area contributed by atoms with Crippen molar-refractivity contribution in [3.8, 4) is 0 Å². The molecule has 1 saturated carbocycles. The number of hydrogen-bond donors (Lipinski definition) is 1. The van der Waals surface area contributed by atoms with Crippen molar-refractivity contribution in [3.05, 3.63) is 0 Å². The minimum atomic E-state index is -0.467. The molecule has 0 amide bonds. The van der Waals surface area contributed by atoms with Crippen LogP contribution in [0.15, 0.2) is 0 Å². The average molecular weight is 183 g/mol. The van der Waals surface area contributed by atoms with Gasteiger partial charge in [0, 0.05) is 0 Å². The Morgan fingerprint density at radius 2 is 2.00 bits per heavy atom. The lowest BCUT2D eigenvalue weighted by Gasteiger charge is -2.20. The van der Waals surface area contributed by atoms with E-state index in [9.17, 15) is 4.79 Å². The van der Waals surface area contributed by atoms with Gasteiger partial charge >= 0.3 is 5.97 Å². The van der Waals surface area contributed by atoms with Gasteiger partial charge in [0.2, 0.25) is 0 Å². The summed E-state index contributed by atoms with van der Waals surface area (Å²) in [6, 6.07) is 0. The van der Waals surface area contributed by atoms with Crippen molar-refractivity contribution >= 4 is 11.7 Å². The molecule has 0 aliphatic heterocycles. The molecule has 0 heterocycles. The molecule has 1 aliphatic rings. The van der Waals surface area contributed by atoms with E-state index in [0.717, 1.165) is 0 Å². The molecular formula is C10H17NO2. The van der Waals surface area contributed by atoms with E-state index >= 15 is 0 Å². The fourth-order valence-corrected chi connectivity index (χ4v) is 1.89. The molecule has 0 aromatic heterocycles. The van der Waals surface area contributed by atoms with Crippen molar-refractivity contribution < 1.29 is 9.53 Å². The summed E-state index contributed by atoms with van der Waals surface area (Å²) in [6.45, 7) is 0. The maximum Gasteiger partial charge on any atom is 0.351 e. The summed E-state index contributed by atoms with van der Waals surface area (Å²) in [4.78, 5) is 10.9. The lowest BCUT2D eigenvalue weighted by molar-refractivity contribution is -0.133. The second-order valence-electron chi connectivity index (χ2n) is 3.68. The first-order chi connectivity index (χ1) is 6.24. The molecule has 74 valence electrons. The summed E-state index contributed by atoms with van der Waals surface area (Å²) in [6.07, 6.45) is 6.74. The largest absolute Gasteiger partial charge is 0.465 e. The molecule has 0 atom stereocenters. The SMILES string of the molecule is COC(=O)C(=N)CC1CCCCC1. The number of ether oxygens (including phenoxy) is 1. The van der Waals surface area contributed by atoms with Gasteiger partial charge in [0.1, 0.15) is 5.71 Å². The zero-order valence-electron chi connectivity index (χ0n) is 8.14. The number of hydrogen-bond acceptors (Lipinski definition) is 3. The van der Waals surface area contributed by atoms with Crippen molar-refractivity contribution in [2.24, 2.45) is 5.92 Å². The van der Waals surface area contributed by atoms with Gasteiger partial charge in [-0.15, -0.1) is 0 Å². The molecule has 0 radical (unpaired) electrons. The number of rotatable bonds is 3. The highest BCUT2D eigenvalue weighted by Crippen LogP contribution is 2.26. The van der Waals surface area contributed by atoms with Crippen LogP contribution in [0.4, 0.5) is 0 Å². The summed E-state index contributed by atoms with van der Waals surface area (Å²) in [7, 11) is 1.33. The smallest absolute Gasteiger partial charge is 0.351 e. The highest BCUT2D eigenvalue weighted by atomic mass is 16.5. The van der Waals surface area contributed by atoms with Gasteiger partial charge in [-0.2, -0.15) is 0 Å². The number of esters is 1. The predicted molar refractivity (Wildman–Crippen MR) is 50.9 cm³/mol. The van der Waals surface area contributed by atoms with E-state index in [4.69, 9.17) is 5.41 Å². The van der Waals surface area contributed by atoms with E-state index in [1.807, 2.05) is 0 Å². The van der Waals surface area contributed by atoms with Gasteiger partial charge in [0.05, 0.1) is 7.11 Å². The van der Waals surface area contributed by atoms with Crippen molar-refractivity contribution in [2.75, 3.05) is 7.11 Å². The van der Waals surface area contributed by atoms with Gasteiger partial charge in [-0.3, -0.25) is 5.41 Å². The van der Waals surface area contributed by atoms with Crippen LogP contribution in [0.5, 0.6) is 0 Å². The summed E-state index contributed by atoms with van der Waals surface area (Å²) >= 11 is 0. The average Bonchev–Trinajstić information content (AvgIpc) is 2.18. The van der Waals surface area contributed by atoms with Crippen molar-refractivity contribution in [1.29, 1.82) is 5.41 Å². The van der Waals surface area contributed by atoms with E-state index in [-0.39, 0.29) is 5.71 Å². The third-order valence-electron chi connectivity index (χ3n) is 2.65.